The van der Waals surface area contributed by atoms with E-state index < -0.39 is 0 Å². The fraction of sp³-hybridized carbons (Fsp3) is 0.0833. The Morgan fingerprint density at radius 1 is 1.18 bits per heavy atom. The summed E-state index contributed by atoms with van der Waals surface area (Å²) in [6, 6.07) is 11.7. The molecule has 1 aromatic heterocycles. The number of nitrogens with zero attached hydrogens (tertiary/aromatic N) is 1. The second-order valence-corrected chi connectivity index (χ2v) is 6.15. The molecule has 0 aliphatic rings. The van der Waals surface area contributed by atoms with Crippen LogP contribution in [0.5, 0.6) is 0 Å². The Morgan fingerprint density at radius 3 is 2.41 bits per heavy atom. The van der Waals surface area contributed by atoms with E-state index in [2.05, 4.69) is 43.2 Å². The summed E-state index contributed by atoms with van der Waals surface area (Å²) in [5, 5.41) is 14.3. The van der Waals surface area contributed by atoms with Crippen molar-refractivity contribution in [3.63, 3.8) is 0 Å². The van der Waals surface area contributed by atoms with E-state index in [0.29, 0.717) is 0 Å². The highest BCUT2D eigenvalue weighted by molar-refractivity contribution is 9.10. The lowest BCUT2D eigenvalue weighted by atomic mass is 10.2. The summed E-state index contributed by atoms with van der Waals surface area (Å²) < 4.78 is 2.03. The number of halogens is 2. The third-order valence-electron chi connectivity index (χ3n) is 2.16. The molecule has 1 unspecified atom stereocenters. The molecule has 2 aromatic rings. The van der Waals surface area contributed by atoms with Crippen molar-refractivity contribution in [1.82, 2.24) is 0 Å². The minimum atomic E-state index is -0.313. The van der Waals surface area contributed by atoms with Gasteiger partial charge >= 0.3 is 0 Å². The van der Waals surface area contributed by atoms with Gasteiger partial charge in [0, 0.05) is 24.9 Å². The first-order valence-corrected chi connectivity index (χ1v) is 7.31. The number of hydrogen-bond donors (Lipinski definition) is 1. The normalized spacial score (nSPS) is 11.8. The first-order valence-electron chi connectivity index (χ1n) is 4.84. The van der Waals surface area contributed by atoms with Gasteiger partial charge in [0.25, 0.3) is 0 Å². The number of thiophene rings is 1. The number of rotatable bonds is 3. The minimum absolute atomic E-state index is 0.313. The summed E-state index contributed by atoms with van der Waals surface area (Å²) in [4.78, 5) is 1.00. The molecule has 2 rings (SSSR count). The van der Waals surface area contributed by atoms with E-state index in [1.807, 2.05) is 35.7 Å². The van der Waals surface area contributed by atoms with E-state index in [0.717, 1.165) is 19.5 Å². The molecule has 0 amide bonds. The summed E-state index contributed by atoms with van der Waals surface area (Å²) in [5.41, 5.74) is 0.935. The lowest BCUT2D eigenvalue weighted by Gasteiger charge is -2.11. The van der Waals surface area contributed by atoms with Crippen molar-refractivity contribution in [2.24, 2.45) is 0 Å². The van der Waals surface area contributed by atoms with E-state index in [1.165, 1.54) is 0 Å². The molecule has 86 valence electrons. The quantitative estimate of drug-likeness (QED) is 0.828. The van der Waals surface area contributed by atoms with Gasteiger partial charge in [-0.3, -0.25) is 0 Å². The Morgan fingerprint density at radius 2 is 1.88 bits per heavy atom. The van der Waals surface area contributed by atoms with Gasteiger partial charge in [-0.1, -0.05) is 15.9 Å². The van der Waals surface area contributed by atoms with Crippen molar-refractivity contribution in [3.8, 4) is 6.07 Å². The number of anilines is 1. The van der Waals surface area contributed by atoms with Crippen LogP contribution in [0.2, 0.25) is 0 Å². The van der Waals surface area contributed by atoms with Gasteiger partial charge in [0.2, 0.25) is 0 Å². The zero-order valence-electron chi connectivity index (χ0n) is 8.65. The first kappa shape index (κ1) is 12.6. The molecule has 1 N–H and O–H groups in total. The fourth-order valence-electron chi connectivity index (χ4n) is 1.36. The Hall–Kier alpha value is -0.830. The van der Waals surface area contributed by atoms with Crippen molar-refractivity contribution >= 4 is 48.9 Å². The van der Waals surface area contributed by atoms with Crippen molar-refractivity contribution in [2.75, 3.05) is 5.32 Å². The molecule has 0 aliphatic carbocycles. The van der Waals surface area contributed by atoms with Gasteiger partial charge in [-0.15, -0.1) is 11.3 Å². The van der Waals surface area contributed by atoms with Crippen molar-refractivity contribution in [2.45, 2.75) is 6.04 Å². The van der Waals surface area contributed by atoms with Gasteiger partial charge in [0.15, 0.2) is 0 Å². The highest BCUT2D eigenvalue weighted by Crippen LogP contribution is 2.28. The lowest BCUT2D eigenvalue weighted by Crippen LogP contribution is -2.06. The molecular weight excluding hydrogens is 364 g/mol. The van der Waals surface area contributed by atoms with Crippen LogP contribution in [0, 0.1) is 11.3 Å². The summed E-state index contributed by atoms with van der Waals surface area (Å²) in [6.45, 7) is 0. The maximum atomic E-state index is 9.17. The maximum Gasteiger partial charge on any atom is 0.149 e. The molecule has 5 heteroatoms. The molecule has 0 aliphatic heterocycles. The van der Waals surface area contributed by atoms with Crippen LogP contribution < -0.4 is 5.32 Å². The van der Waals surface area contributed by atoms with Gasteiger partial charge in [-0.2, -0.15) is 5.26 Å². The molecule has 0 saturated heterocycles. The SMILES string of the molecule is N#CC(Nc1ccc(Br)cc1)c1cc(Br)cs1. The van der Waals surface area contributed by atoms with E-state index >= 15 is 0 Å². The molecule has 0 spiro atoms. The van der Waals surface area contributed by atoms with E-state index in [1.54, 1.807) is 11.3 Å². The number of nitrogens with one attached hydrogen (secondary N) is 1. The minimum Gasteiger partial charge on any atom is -0.366 e. The van der Waals surface area contributed by atoms with Crippen molar-refractivity contribution < 1.29 is 0 Å². The lowest BCUT2D eigenvalue weighted by molar-refractivity contribution is 1.03. The van der Waals surface area contributed by atoms with Crippen LogP contribution in [0.25, 0.3) is 0 Å². The van der Waals surface area contributed by atoms with Gasteiger partial charge in [0.05, 0.1) is 6.07 Å². The second-order valence-electron chi connectivity index (χ2n) is 3.38. The Kier molecular flexibility index (Phi) is 4.21. The first-order chi connectivity index (χ1) is 8.19. The highest BCUT2D eigenvalue weighted by Gasteiger charge is 2.12. The smallest absolute Gasteiger partial charge is 0.149 e. The standard InChI is InChI=1S/C12H8Br2N2S/c13-8-1-3-10(4-2-8)16-11(6-15)12-5-9(14)7-17-12/h1-5,7,11,16H. The van der Waals surface area contributed by atoms with Crippen LogP contribution in [-0.2, 0) is 0 Å². The highest BCUT2D eigenvalue weighted by atomic mass is 79.9. The maximum absolute atomic E-state index is 9.17. The molecule has 0 fully saturated rings. The topological polar surface area (TPSA) is 35.8 Å². The monoisotopic (exact) mass is 370 g/mol. The fourth-order valence-corrected chi connectivity index (χ4v) is 3.06. The zero-order chi connectivity index (χ0) is 12.3. The van der Waals surface area contributed by atoms with E-state index in [9.17, 15) is 5.26 Å². The summed E-state index contributed by atoms with van der Waals surface area (Å²) >= 11 is 8.34. The van der Waals surface area contributed by atoms with Crippen molar-refractivity contribution in [3.05, 3.63) is 49.5 Å². The van der Waals surface area contributed by atoms with Crippen molar-refractivity contribution in [1.29, 1.82) is 5.26 Å². The number of benzene rings is 1. The molecule has 1 aromatic carbocycles. The van der Waals surface area contributed by atoms with Gasteiger partial charge in [-0.25, -0.2) is 0 Å². The van der Waals surface area contributed by atoms with Crippen LogP contribution in [-0.4, -0.2) is 0 Å². The average molecular weight is 372 g/mol. The Labute approximate surface area is 121 Å². The Balaban J connectivity index is 2.16. The average Bonchev–Trinajstić information content (AvgIpc) is 2.75. The largest absolute Gasteiger partial charge is 0.366 e. The van der Waals surface area contributed by atoms with Crippen LogP contribution >= 0.6 is 43.2 Å². The van der Waals surface area contributed by atoms with Gasteiger partial charge in [-0.05, 0) is 46.3 Å². The molecule has 0 radical (unpaired) electrons. The van der Waals surface area contributed by atoms with Crippen LogP contribution in [0.4, 0.5) is 5.69 Å². The molecule has 0 saturated carbocycles. The number of hydrogen-bond acceptors (Lipinski definition) is 3. The third kappa shape index (κ3) is 3.32. The predicted molar refractivity (Wildman–Crippen MR) is 78.1 cm³/mol. The molecule has 1 atom stereocenters. The van der Waals surface area contributed by atoms with Gasteiger partial charge in [0.1, 0.15) is 6.04 Å². The predicted octanol–water partition coefficient (Wildman–Crippen LogP) is 4.95. The van der Waals surface area contributed by atoms with Gasteiger partial charge < -0.3 is 5.32 Å². The van der Waals surface area contributed by atoms with Crippen LogP contribution in [0.3, 0.4) is 0 Å². The van der Waals surface area contributed by atoms with Crippen LogP contribution in [0.1, 0.15) is 10.9 Å². The van der Waals surface area contributed by atoms with Crippen LogP contribution in [0.15, 0.2) is 44.7 Å². The third-order valence-corrected chi connectivity index (χ3v) is 4.44. The zero-order valence-corrected chi connectivity index (χ0v) is 12.6. The second kappa shape index (κ2) is 5.67. The molecule has 1 heterocycles. The molecule has 17 heavy (non-hydrogen) atoms. The van der Waals surface area contributed by atoms with E-state index in [4.69, 9.17) is 0 Å². The molecular formula is C12H8Br2N2S. The van der Waals surface area contributed by atoms with E-state index in [-0.39, 0.29) is 6.04 Å². The summed E-state index contributed by atoms with van der Waals surface area (Å²) in [6.07, 6.45) is 0. The summed E-state index contributed by atoms with van der Waals surface area (Å²) in [5.74, 6) is 0. The molecule has 0 bridgehead atoms. The Bertz CT molecular complexity index is 542. The number of nitriles is 1. The molecule has 2 nitrogen and oxygen atoms in total. The summed E-state index contributed by atoms with van der Waals surface area (Å²) in [7, 11) is 0.